The van der Waals surface area contributed by atoms with E-state index in [1.807, 2.05) is 12.1 Å². The number of likely N-dealkylation sites (tertiary alicyclic amines) is 1. The number of ether oxygens (including phenoxy) is 1. The van der Waals surface area contributed by atoms with E-state index in [9.17, 15) is 22.8 Å². The number of halogens is 3. The molecular formula is C24H29F3N4O3. The van der Waals surface area contributed by atoms with Crippen LogP contribution in [0, 0.1) is 11.8 Å². The Morgan fingerprint density at radius 2 is 1.85 bits per heavy atom. The molecule has 0 radical (unpaired) electrons. The predicted octanol–water partition coefficient (Wildman–Crippen LogP) is 2.87. The fourth-order valence-electron chi connectivity index (χ4n) is 4.03. The molecule has 2 aromatic rings. The largest absolute Gasteiger partial charge is 0.493 e. The van der Waals surface area contributed by atoms with Crippen molar-refractivity contribution in [3.63, 3.8) is 0 Å². The molecule has 0 unspecified atom stereocenters. The van der Waals surface area contributed by atoms with Gasteiger partial charge in [0.1, 0.15) is 5.75 Å². The van der Waals surface area contributed by atoms with Crippen LogP contribution in [0.4, 0.5) is 13.2 Å². The Bertz CT molecular complexity index is 956. The van der Waals surface area contributed by atoms with Gasteiger partial charge in [-0.15, -0.1) is 0 Å². The highest BCUT2D eigenvalue weighted by atomic mass is 19.4. The molecule has 2 amide bonds. The van der Waals surface area contributed by atoms with Gasteiger partial charge in [0.15, 0.2) is 0 Å². The number of hydrogen-bond donors (Lipinski definition) is 2. The molecule has 2 atom stereocenters. The standard InChI is InChI=1S/C24H29F3N4O3/c1-17(32)29-9-10-30-23(33)20-11-19(14-31(15-20)13-18-5-7-28-8-6-18)16-34-22-4-2-3-21(12-22)24(25,26)27/h2-8,12,19-20H,9-11,13-16H2,1H3,(H,29,32)(H,30,33)/t19-,20+/m0/s1. The summed E-state index contributed by atoms with van der Waals surface area (Å²) in [5.41, 5.74) is 0.295. The van der Waals surface area contributed by atoms with Crippen LogP contribution >= 0.6 is 0 Å². The lowest BCUT2D eigenvalue weighted by molar-refractivity contribution is -0.137. The van der Waals surface area contributed by atoms with Gasteiger partial charge in [0, 0.05) is 58.0 Å². The lowest BCUT2D eigenvalue weighted by Gasteiger charge is -2.37. The molecule has 1 aromatic carbocycles. The molecular weight excluding hydrogens is 449 g/mol. The number of nitrogens with one attached hydrogen (secondary N) is 2. The zero-order valence-electron chi connectivity index (χ0n) is 19.0. The van der Waals surface area contributed by atoms with Crippen molar-refractivity contribution in [3.8, 4) is 5.75 Å². The number of piperidine rings is 1. The Labute approximate surface area is 196 Å². The van der Waals surface area contributed by atoms with Gasteiger partial charge in [-0.3, -0.25) is 19.5 Å². The van der Waals surface area contributed by atoms with Crippen LogP contribution in [0.2, 0.25) is 0 Å². The lowest BCUT2D eigenvalue weighted by Crippen LogP contribution is -2.48. The van der Waals surface area contributed by atoms with Gasteiger partial charge in [-0.1, -0.05) is 6.07 Å². The second kappa shape index (κ2) is 11.8. The first-order valence-electron chi connectivity index (χ1n) is 11.1. The smallest absolute Gasteiger partial charge is 0.416 e. The number of carbonyl (C=O) groups is 2. The maximum absolute atomic E-state index is 13.0. The number of alkyl halides is 3. The third kappa shape index (κ3) is 8.02. The number of carbonyl (C=O) groups excluding carboxylic acids is 2. The molecule has 1 saturated heterocycles. The van der Waals surface area contributed by atoms with Crippen LogP contribution in [-0.4, -0.2) is 54.5 Å². The molecule has 0 bridgehead atoms. The fraction of sp³-hybridized carbons (Fsp3) is 0.458. The molecule has 10 heteroatoms. The third-order valence-electron chi connectivity index (χ3n) is 5.58. The predicted molar refractivity (Wildman–Crippen MR) is 120 cm³/mol. The summed E-state index contributed by atoms with van der Waals surface area (Å²) in [4.78, 5) is 30.0. The first-order chi connectivity index (χ1) is 16.2. The van der Waals surface area contributed by atoms with Crippen molar-refractivity contribution in [1.29, 1.82) is 0 Å². The Kier molecular flexibility index (Phi) is 8.86. The second-order valence-electron chi connectivity index (χ2n) is 8.46. The van der Waals surface area contributed by atoms with Crippen molar-refractivity contribution >= 4 is 11.8 Å². The normalized spacial score (nSPS) is 18.8. The van der Waals surface area contributed by atoms with E-state index >= 15 is 0 Å². The molecule has 0 saturated carbocycles. The summed E-state index contributed by atoms with van der Waals surface area (Å²) in [5, 5.41) is 5.49. The monoisotopic (exact) mass is 478 g/mol. The molecule has 2 N–H and O–H groups in total. The number of nitrogens with zero attached hydrogens (tertiary/aromatic N) is 2. The molecule has 1 aliphatic heterocycles. The van der Waals surface area contributed by atoms with E-state index in [-0.39, 0.29) is 36.0 Å². The molecule has 7 nitrogen and oxygen atoms in total. The molecule has 2 heterocycles. The number of rotatable bonds is 9. The number of aromatic nitrogens is 1. The number of amides is 2. The van der Waals surface area contributed by atoms with Crippen molar-refractivity contribution in [1.82, 2.24) is 20.5 Å². The highest BCUT2D eigenvalue weighted by Gasteiger charge is 2.33. The highest BCUT2D eigenvalue weighted by Crippen LogP contribution is 2.32. The van der Waals surface area contributed by atoms with Gasteiger partial charge in [-0.25, -0.2) is 0 Å². The minimum atomic E-state index is -4.44. The average molecular weight is 479 g/mol. The van der Waals surface area contributed by atoms with Gasteiger partial charge < -0.3 is 15.4 Å². The third-order valence-corrected chi connectivity index (χ3v) is 5.58. The van der Waals surface area contributed by atoms with Gasteiger partial charge in [0.25, 0.3) is 0 Å². The van der Waals surface area contributed by atoms with Crippen molar-refractivity contribution in [2.75, 3.05) is 32.8 Å². The van der Waals surface area contributed by atoms with E-state index in [0.29, 0.717) is 39.1 Å². The van der Waals surface area contributed by atoms with Crippen LogP contribution in [0.3, 0.4) is 0 Å². The van der Waals surface area contributed by atoms with Gasteiger partial charge in [0.05, 0.1) is 18.1 Å². The summed E-state index contributed by atoms with van der Waals surface area (Å²) in [5.74, 6) is -0.479. The van der Waals surface area contributed by atoms with Crippen LogP contribution in [0.15, 0.2) is 48.8 Å². The van der Waals surface area contributed by atoms with Crippen molar-refractivity contribution < 1.29 is 27.5 Å². The zero-order valence-corrected chi connectivity index (χ0v) is 19.0. The first kappa shape index (κ1) is 25.5. The SMILES string of the molecule is CC(=O)NCCNC(=O)[C@@H]1C[C@H](COc2cccc(C(F)(F)F)c2)CN(Cc2ccncc2)C1. The van der Waals surface area contributed by atoms with Gasteiger partial charge in [-0.2, -0.15) is 13.2 Å². The van der Waals surface area contributed by atoms with E-state index < -0.39 is 11.7 Å². The summed E-state index contributed by atoms with van der Waals surface area (Å²) >= 11 is 0. The summed E-state index contributed by atoms with van der Waals surface area (Å²) in [7, 11) is 0. The van der Waals surface area contributed by atoms with Gasteiger partial charge >= 0.3 is 6.18 Å². The first-order valence-corrected chi connectivity index (χ1v) is 11.1. The summed E-state index contributed by atoms with van der Waals surface area (Å²) in [6, 6.07) is 8.63. The van der Waals surface area contributed by atoms with E-state index in [1.54, 1.807) is 12.4 Å². The van der Waals surface area contributed by atoms with Crippen molar-refractivity contribution in [2.24, 2.45) is 11.8 Å². The average Bonchev–Trinajstić information content (AvgIpc) is 2.80. The summed E-state index contributed by atoms with van der Waals surface area (Å²) < 4.78 is 44.7. The van der Waals surface area contributed by atoms with Crippen LogP contribution in [0.5, 0.6) is 5.75 Å². The van der Waals surface area contributed by atoms with Crippen LogP contribution < -0.4 is 15.4 Å². The van der Waals surface area contributed by atoms with E-state index in [0.717, 1.165) is 17.7 Å². The Balaban J connectivity index is 1.63. The fourth-order valence-corrected chi connectivity index (χ4v) is 4.03. The second-order valence-corrected chi connectivity index (χ2v) is 8.46. The quantitative estimate of drug-likeness (QED) is 0.542. The van der Waals surface area contributed by atoms with Gasteiger partial charge in [-0.05, 0) is 42.3 Å². The maximum atomic E-state index is 13.0. The van der Waals surface area contributed by atoms with Crippen LogP contribution in [0.25, 0.3) is 0 Å². The lowest BCUT2D eigenvalue weighted by atomic mass is 9.88. The van der Waals surface area contributed by atoms with Crippen LogP contribution in [-0.2, 0) is 22.3 Å². The molecule has 1 fully saturated rings. The van der Waals surface area contributed by atoms with Crippen molar-refractivity contribution in [2.45, 2.75) is 26.1 Å². The number of benzene rings is 1. The molecule has 0 spiro atoms. The Hall–Kier alpha value is -3.14. The highest BCUT2D eigenvalue weighted by molar-refractivity contribution is 5.79. The number of pyridine rings is 1. The summed E-state index contributed by atoms with van der Waals surface area (Å²) in [6.45, 7) is 4.10. The molecule has 0 aliphatic carbocycles. The molecule has 1 aliphatic rings. The van der Waals surface area contributed by atoms with Crippen molar-refractivity contribution in [3.05, 3.63) is 59.9 Å². The van der Waals surface area contributed by atoms with Crippen LogP contribution in [0.1, 0.15) is 24.5 Å². The van der Waals surface area contributed by atoms with E-state index in [1.165, 1.54) is 19.1 Å². The molecule has 1 aromatic heterocycles. The molecule has 34 heavy (non-hydrogen) atoms. The Morgan fingerprint density at radius 3 is 2.56 bits per heavy atom. The number of hydrogen-bond acceptors (Lipinski definition) is 5. The Morgan fingerprint density at radius 1 is 1.12 bits per heavy atom. The maximum Gasteiger partial charge on any atom is 0.416 e. The van der Waals surface area contributed by atoms with E-state index in [4.69, 9.17) is 4.74 Å². The zero-order chi connectivity index (χ0) is 24.6. The summed E-state index contributed by atoms with van der Waals surface area (Å²) in [6.07, 6.45) is -0.469. The van der Waals surface area contributed by atoms with Gasteiger partial charge in [0.2, 0.25) is 11.8 Å². The minimum absolute atomic E-state index is 0.0452. The minimum Gasteiger partial charge on any atom is -0.493 e. The molecule has 184 valence electrons. The van der Waals surface area contributed by atoms with E-state index in [2.05, 4.69) is 20.5 Å². The molecule has 3 rings (SSSR count). The topological polar surface area (TPSA) is 83.6 Å².